The largest absolute Gasteiger partial charge is 0.482 e. The smallest absolute Gasteiger partial charge is 0.416 e. The Morgan fingerprint density at radius 3 is 2.33 bits per heavy atom. The number of aliphatic carboxylic acids is 1. The van der Waals surface area contributed by atoms with Crippen molar-refractivity contribution in [3.63, 3.8) is 0 Å². The number of halogens is 3. The molecule has 1 aromatic heterocycles. The predicted octanol–water partition coefficient (Wildman–Crippen LogP) is 10.3. The number of alkyl halides is 3. The Balaban J connectivity index is 1.44. The molecule has 228 valence electrons. The summed E-state index contributed by atoms with van der Waals surface area (Å²) >= 11 is 3.27. The van der Waals surface area contributed by atoms with Crippen LogP contribution in [0.2, 0.25) is 0 Å². The Labute approximate surface area is 259 Å². The lowest BCUT2D eigenvalue weighted by Gasteiger charge is -2.17. The zero-order chi connectivity index (χ0) is 30.8. The van der Waals surface area contributed by atoms with Gasteiger partial charge < -0.3 is 9.84 Å². The summed E-state index contributed by atoms with van der Waals surface area (Å²) in [5.74, 6) is -0.486. The van der Waals surface area contributed by atoms with Crippen molar-refractivity contribution in [3.8, 4) is 16.3 Å². The van der Waals surface area contributed by atoms with Crippen LogP contribution in [0.5, 0.6) is 5.75 Å². The number of unbranched alkanes of at least 4 members (excludes halogenated alkanes) is 4. The van der Waals surface area contributed by atoms with E-state index in [2.05, 4.69) is 24.3 Å². The molecule has 0 spiro atoms. The quantitative estimate of drug-likeness (QED) is 0.105. The van der Waals surface area contributed by atoms with Gasteiger partial charge in [0.05, 0.1) is 11.3 Å². The second-order valence-corrected chi connectivity index (χ2v) is 12.9. The van der Waals surface area contributed by atoms with Gasteiger partial charge in [0.2, 0.25) is 0 Å². The zero-order valence-electron chi connectivity index (χ0n) is 24.3. The summed E-state index contributed by atoms with van der Waals surface area (Å²) in [5, 5.41) is 9.77. The summed E-state index contributed by atoms with van der Waals surface area (Å²) in [4.78, 5) is 17.8. The Morgan fingerprint density at radius 1 is 0.953 bits per heavy atom. The van der Waals surface area contributed by atoms with Crippen LogP contribution in [-0.2, 0) is 17.4 Å². The minimum absolute atomic E-state index is 0.121. The molecule has 4 rings (SSSR count). The molecular weight excluding hydrogens is 592 g/mol. The SMILES string of the molecule is Cc1cc(SC(CCCCCCCc2ccccc2)c2sc(-c3ccc(C(F)(F)F)cc3)nc2C)ccc1OCC(=O)O. The van der Waals surface area contributed by atoms with E-state index in [9.17, 15) is 18.0 Å². The topological polar surface area (TPSA) is 59.4 Å². The van der Waals surface area contributed by atoms with Gasteiger partial charge in [0, 0.05) is 20.6 Å². The average molecular weight is 628 g/mol. The number of benzene rings is 3. The molecule has 0 aliphatic rings. The van der Waals surface area contributed by atoms with Gasteiger partial charge in [-0.15, -0.1) is 23.1 Å². The highest BCUT2D eigenvalue weighted by atomic mass is 32.2. The van der Waals surface area contributed by atoms with Crippen LogP contribution in [0.1, 0.15) is 71.0 Å². The van der Waals surface area contributed by atoms with Gasteiger partial charge >= 0.3 is 12.1 Å². The average Bonchev–Trinajstić information content (AvgIpc) is 3.37. The molecule has 4 nitrogen and oxygen atoms in total. The lowest BCUT2D eigenvalue weighted by atomic mass is 10.0. The van der Waals surface area contributed by atoms with E-state index >= 15 is 0 Å². The second-order valence-electron chi connectivity index (χ2n) is 10.6. The summed E-state index contributed by atoms with van der Waals surface area (Å²) < 4.78 is 44.6. The number of ether oxygens (including phenoxy) is 1. The molecule has 0 saturated carbocycles. The lowest BCUT2D eigenvalue weighted by molar-refractivity contribution is -0.139. The monoisotopic (exact) mass is 627 g/mol. The van der Waals surface area contributed by atoms with Crippen LogP contribution < -0.4 is 4.74 Å². The molecule has 0 bridgehead atoms. The van der Waals surface area contributed by atoms with E-state index in [1.54, 1.807) is 17.8 Å². The van der Waals surface area contributed by atoms with Crippen LogP contribution in [0.25, 0.3) is 10.6 Å². The molecule has 0 amide bonds. The van der Waals surface area contributed by atoms with Crippen LogP contribution in [0.3, 0.4) is 0 Å². The van der Waals surface area contributed by atoms with Crippen molar-refractivity contribution in [2.45, 2.75) is 75.1 Å². The third-order valence-corrected chi connectivity index (χ3v) is 9.89. The molecule has 1 N–H and O–H groups in total. The number of rotatable bonds is 15. The van der Waals surface area contributed by atoms with Crippen molar-refractivity contribution in [2.75, 3.05) is 6.61 Å². The maximum absolute atomic E-state index is 13.1. The molecule has 0 saturated heterocycles. The molecule has 0 aliphatic carbocycles. The highest BCUT2D eigenvalue weighted by Crippen LogP contribution is 2.45. The first kappa shape index (κ1) is 32.6. The van der Waals surface area contributed by atoms with E-state index in [-0.39, 0.29) is 5.25 Å². The predicted molar refractivity (Wildman–Crippen MR) is 168 cm³/mol. The van der Waals surface area contributed by atoms with Gasteiger partial charge in [0.25, 0.3) is 0 Å². The van der Waals surface area contributed by atoms with Crippen molar-refractivity contribution in [1.29, 1.82) is 0 Å². The van der Waals surface area contributed by atoms with Crippen LogP contribution in [0, 0.1) is 13.8 Å². The molecule has 1 atom stereocenters. The zero-order valence-corrected chi connectivity index (χ0v) is 26.0. The van der Waals surface area contributed by atoms with Crippen molar-refractivity contribution < 1.29 is 27.8 Å². The molecular formula is C34H36F3NO3S2. The third kappa shape index (κ3) is 9.86. The summed E-state index contributed by atoms with van der Waals surface area (Å²) in [6.07, 6.45) is 3.34. The summed E-state index contributed by atoms with van der Waals surface area (Å²) in [5.41, 5.74) is 3.12. The van der Waals surface area contributed by atoms with E-state index in [0.717, 1.165) is 65.3 Å². The maximum atomic E-state index is 13.1. The van der Waals surface area contributed by atoms with Crippen LogP contribution in [-0.4, -0.2) is 22.7 Å². The molecule has 1 heterocycles. The minimum Gasteiger partial charge on any atom is -0.482 e. The number of aryl methyl sites for hydroxylation is 3. The molecule has 0 fully saturated rings. The van der Waals surface area contributed by atoms with Crippen molar-refractivity contribution in [1.82, 2.24) is 4.98 Å². The Kier molecular flexibility index (Phi) is 11.7. The van der Waals surface area contributed by atoms with Crippen molar-refractivity contribution >= 4 is 29.1 Å². The van der Waals surface area contributed by atoms with Gasteiger partial charge in [-0.1, -0.05) is 68.1 Å². The maximum Gasteiger partial charge on any atom is 0.416 e. The highest BCUT2D eigenvalue weighted by molar-refractivity contribution is 7.99. The van der Waals surface area contributed by atoms with Crippen molar-refractivity contribution in [2.24, 2.45) is 0 Å². The normalized spacial score (nSPS) is 12.3. The Bertz CT molecular complexity index is 1470. The van der Waals surface area contributed by atoms with Gasteiger partial charge in [-0.3, -0.25) is 0 Å². The number of thiazole rings is 1. The molecule has 1 unspecified atom stereocenters. The molecule has 9 heteroatoms. The van der Waals surface area contributed by atoms with E-state index in [0.29, 0.717) is 16.3 Å². The second kappa shape index (κ2) is 15.4. The highest BCUT2D eigenvalue weighted by Gasteiger charge is 2.30. The van der Waals surface area contributed by atoms with Gasteiger partial charge in [-0.2, -0.15) is 13.2 Å². The molecule has 0 radical (unpaired) electrons. The fourth-order valence-electron chi connectivity index (χ4n) is 4.87. The lowest BCUT2D eigenvalue weighted by Crippen LogP contribution is -2.10. The number of carbonyl (C=O) groups is 1. The number of carboxylic acid groups (broad SMARTS) is 1. The first-order valence-corrected chi connectivity index (χ1v) is 16.1. The fourth-order valence-corrected chi connectivity index (χ4v) is 7.53. The van der Waals surface area contributed by atoms with Crippen molar-refractivity contribution in [3.05, 3.63) is 100 Å². The van der Waals surface area contributed by atoms with Crippen LogP contribution in [0.4, 0.5) is 13.2 Å². The molecule has 0 aliphatic heterocycles. The van der Waals surface area contributed by atoms with Gasteiger partial charge in [0.1, 0.15) is 10.8 Å². The fraction of sp³-hybridized carbons (Fsp3) is 0.353. The third-order valence-electron chi connectivity index (χ3n) is 7.13. The number of aromatic nitrogens is 1. The summed E-state index contributed by atoms with van der Waals surface area (Å²) in [6.45, 7) is 3.46. The van der Waals surface area contributed by atoms with E-state index in [1.165, 1.54) is 41.9 Å². The first-order valence-electron chi connectivity index (χ1n) is 14.4. The molecule has 3 aromatic carbocycles. The first-order chi connectivity index (χ1) is 20.6. The van der Waals surface area contributed by atoms with Crippen LogP contribution >= 0.6 is 23.1 Å². The van der Waals surface area contributed by atoms with E-state index in [4.69, 9.17) is 14.8 Å². The number of nitrogens with zero attached hydrogens (tertiary/aromatic N) is 1. The van der Waals surface area contributed by atoms with Crippen LogP contribution in [0.15, 0.2) is 77.7 Å². The van der Waals surface area contributed by atoms with Gasteiger partial charge in [0.15, 0.2) is 6.61 Å². The minimum atomic E-state index is -4.38. The van der Waals surface area contributed by atoms with Gasteiger partial charge in [-0.25, -0.2) is 9.78 Å². The summed E-state index contributed by atoms with van der Waals surface area (Å²) in [6, 6.07) is 21.5. The standard InChI is InChI=1S/C34H36F3NO3S2/c1-23-21-28(19-20-29(23)41-22-31(39)40)42-30(14-10-5-3-4-7-11-25-12-8-6-9-13-25)32-24(2)38-33(43-32)26-15-17-27(18-16-26)34(35,36)37/h6,8-9,12-13,15-21,30H,3-5,7,10-11,14,22H2,1-2H3,(H,39,40). The summed E-state index contributed by atoms with van der Waals surface area (Å²) in [7, 11) is 0. The van der Waals surface area contributed by atoms with E-state index in [1.807, 2.05) is 32.0 Å². The number of thioether (sulfide) groups is 1. The van der Waals surface area contributed by atoms with Gasteiger partial charge in [-0.05, 0) is 74.6 Å². The Morgan fingerprint density at radius 2 is 1.65 bits per heavy atom. The molecule has 4 aromatic rings. The molecule has 43 heavy (non-hydrogen) atoms. The number of carboxylic acids is 1. The Hall–Kier alpha value is -3.30. The number of hydrogen-bond acceptors (Lipinski definition) is 5. The number of hydrogen-bond donors (Lipinski definition) is 1. The van der Waals surface area contributed by atoms with E-state index < -0.39 is 24.3 Å².